The van der Waals surface area contributed by atoms with Gasteiger partial charge in [0.25, 0.3) is 0 Å². The summed E-state index contributed by atoms with van der Waals surface area (Å²) in [5.74, 6) is 0. The molecule has 0 rings (SSSR count). The number of sulfone groups is 1. The van der Waals surface area contributed by atoms with Crippen LogP contribution in [-0.2, 0) is 9.84 Å². The van der Waals surface area contributed by atoms with Crippen molar-refractivity contribution in [2.45, 2.75) is 25.5 Å². The largest absolute Gasteiger partial charge is 0.228 e. The van der Waals surface area contributed by atoms with Gasteiger partial charge in [0.05, 0.1) is 5.25 Å². The third-order valence-electron chi connectivity index (χ3n) is 1.34. The summed E-state index contributed by atoms with van der Waals surface area (Å²) >= 11 is 2.92. The molecule has 0 spiro atoms. The highest BCUT2D eigenvalue weighted by atomic mass is 79.9. The summed E-state index contributed by atoms with van der Waals surface area (Å²) in [4.78, 5) is 0. The third-order valence-corrected chi connectivity index (χ3v) is 5.12. The molecule has 0 aromatic heterocycles. The molecule has 0 fully saturated rings. The standard InChI is InChI=1S/C5H11BrO2S/c1-3-5(2)9(7,8)4-6/h5H,3-4H2,1-2H3. The van der Waals surface area contributed by atoms with E-state index in [1.54, 1.807) is 6.92 Å². The average molecular weight is 215 g/mol. The summed E-state index contributed by atoms with van der Waals surface area (Å²) in [6, 6.07) is 0. The van der Waals surface area contributed by atoms with Crippen molar-refractivity contribution < 1.29 is 8.42 Å². The Labute approximate surface area is 64.7 Å². The van der Waals surface area contributed by atoms with E-state index in [-0.39, 0.29) is 9.91 Å². The molecule has 4 heteroatoms. The van der Waals surface area contributed by atoms with E-state index in [4.69, 9.17) is 0 Å². The molecule has 0 saturated heterocycles. The van der Waals surface area contributed by atoms with Crippen molar-refractivity contribution in [3.05, 3.63) is 0 Å². The molecule has 0 saturated carbocycles. The fourth-order valence-electron chi connectivity index (χ4n) is 0.361. The molecule has 0 bridgehead atoms. The molecule has 0 aliphatic rings. The van der Waals surface area contributed by atoms with Gasteiger partial charge in [0.15, 0.2) is 9.84 Å². The zero-order valence-corrected chi connectivity index (χ0v) is 8.00. The molecule has 0 heterocycles. The number of alkyl halides is 1. The van der Waals surface area contributed by atoms with Gasteiger partial charge in [-0.15, -0.1) is 0 Å². The Morgan fingerprint density at radius 3 is 2.11 bits per heavy atom. The fraction of sp³-hybridized carbons (Fsp3) is 1.00. The molecule has 2 nitrogen and oxygen atoms in total. The van der Waals surface area contributed by atoms with Crippen LogP contribution in [0.4, 0.5) is 0 Å². The molecule has 1 unspecified atom stereocenters. The normalized spacial score (nSPS) is 15.4. The van der Waals surface area contributed by atoms with E-state index >= 15 is 0 Å². The van der Waals surface area contributed by atoms with Crippen LogP contribution in [0.25, 0.3) is 0 Å². The average Bonchev–Trinajstić information content (AvgIpc) is 1.86. The molecule has 0 aliphatic carbocycles. The van der Waals surface area contributed by atoms with Gasteiger partial charge in [0.2, 0.25) is 0 Å². The molecule has 0 aromatic carbocycles. The van der Waals surface area contributed by atoms with Gasteiger partial charge in [-0.05, 0) is 13.3 Å². The Kier molecular flexibility index (Phi) is 3.73. The zero-order chi connectivity index (χ0) is 7.49. The maximum absolute atomic E-state index is 10.9. The van der Waals surface area contributed by atoms with Crippen molar-refractivity contribution in [2.75, 3.05) is 4.66 Å². The van der Waals surface area contributed by atoms with Crippen LogP contribution in [0.2, 0.25) is 0 Å². The van der Waals surface area contributed by atoms with Gasteiger partial charge < -0.3 is 0 Å². The highest BCUT2D eigenvalue weighted by Gasteiger charge is 2.15. The summed E-state index contributed by atoms with van der Waals surface area (Å²) in [6.45, 7) is 3.58. The Bertz CT molecular complexity index is 162. The van der Waals surface area contributed by atoms with Crippen LogP contribution in [0.15, 0.2) is 0 Å². The molecular formula is C5H11BrO2S. The van der Waals surface area contributed by atoms with Crippen LogP contribution in [0.1, 0.15) is 20.3 Å². The molecule has 0 aliphatic heterocycles. The van der Waals surface area contributed by atoms with E-state index < -0.39 is 9.84 Å². The minimum Gasteiger partial charge on any atom is -0.228 e. The second-order valence-electron chi connectivity index (χ2n) is 1.99. The lowest BCUT2D eigenvalue weighted by Crippen LogP contribution is -2.16. The number of rotatable bonds is 3. The first-order chi connectivity index (χ1) is 4.04. The first-order valence-corrected chi connectivity index (χ1v) is 5.65. The summed E-state index contributed by atoms with van der Waals surface area (Å²) in [7, 11) is -2.83. The van der Waals surface area contributed by atoms with E-state index in [1.807, 2.05) is 6.92 Å². The van der Waals surface area contributed by atoms with Gasteiger partial charge in [-0.3, -0.25) is 0 Å². The smallest absolute Gasteiger partial charge is 0.162 e. The van der Waals surface area contributed by atoms with Crippen LogP contribution < -0.4 is 0 Å². The first-order valence-electron chi connectivity index (χ1n) is 2.82. The summed E-state index contributed by atoms with van der Waals surface area (Å²) < 4.78 is 21.8. The second kappa shape index (κ2) is 3.56. The van der Waals surface area contributed by atoms with Gasteiger partial charge in [0, 0.05) is 0 Å². The molecule has 9 heavy (non-hydrogen) atoms. The number of hydrogen-bond acceptors (Lipinski definition) is 2. The maximum atomic E-state index is 10.9. The third kappa shape index (κ3) is 2.67. The van der Waals surface area contributed by atoms with Crippen molar-refractivity contribution in [3.63, 3.8) is 0 Å². The molecule has 1 atom stereocenters. The molecule has 0 radical (unpaired) electrons. The maximum Gasteiger partial charge on any atom is 0.162 e. The predicted molar refractivity (Wildman–Crippen MR) is 42.5 cm³/mol. The molecule has 0 N–H and O–H groups in total. The summed E-state index contributed by atoms with van der Waals surface area (Å²) in [5, 5.41) is -0.211. The Morgan fingerprint density at radius 2 is 2.00 bits per heavy atom. The molecule has 56 valence electrons. The molecular weight excluding hydrogens is 204 g/mol. The van der Waals surface area contributed by atoms with Crippen LogP contribution in [0, 0.1) is 0 Å². The predicted octanol–water partition coefficient (Wildman–Crippen LogP) is 1.55. The lowest BCUT2D eigenvalue weighted by Gasteiger charge is -2.05. The second-order valence-corrected chi connectivity index (χ2v) is 5.71. The lowest BCUT2D eigenvalue weighted by atomic mass is 10.4. The Morgan fingerprint density at radius 1 is 1.56 bits per heavy atom. The van der Waals surface area contributed by atoms with Gasteiger partial charge >= 0.3 is 0 Å². The van der Waals surface area contributed by atoms with Crippen LogP contribution in [0.3, 0.4) is 0 Å². The van der Waals surface area contributed by atoms with Gasteiger partial charge in [-0.1, -0.05) is 22.9 Å². The fourth-order valence-corrected chi connectivity index (χ4v) is 2.44. The van der Waals surface area contributed by atoms with Crippen LogP contribution in [0.5, 0.6) is 0 Å². The SMILES string of the molecule is CCC(C)S(=O)(=O)CBr. The van der Waals surface area contributed by atoms with E-state index in [1.165, 1.54) is 0 Å². The molecule has 0 aromatic rings. The van der Waals surface area contributed by atoms with E-state index in [0.29, 0.717) is 6.42 Å². The Hall–Kier alpha value is 0.430. The van der Waals surface area contributed by atoms with Crippen molar-refractivity contribution in [2.24, 2.45) is 0 Å². The first kappa shape index (κ1) is 9.43. The van der Waals surface area contributed by atoms with Crippen molar-refractivity contribution in [3.8, 4) is 0 Å². The Balaban J connectivity index is 4.17. The topological polar surface area (TPSA) is 34.1 Å². The van der Waals surface area contributed by atoms with E-state index in [0.717, 1.165) is 0 Å². The highest BCUT2D eigenvalue weighted by Crippen LogP contribution is 2.07. The van der Waals surface area contributed by atoms with Crippen molar-refractivity contribution >= 4 is 25.8 Å². The molecule has 0 amide bonds. The van der Waals surface area contributed by atoms with Gasteiger partial charge in [0.1, 0.15) is 4.66 Å². The van der Waals surface area contributed by atoms with Crippen LogP contribution >= 0.6 is 15.9 Å². The quantitative estimate of drug-likeness (QED) is 0.669. The monoisotopic (exact) mass is 214 g/mol. The summed E-state index contributed by atoms with van der Waals surface area (Å²) in [5.41, 5.74) is 0. The number of hydrogen-bond donors (Lipinski definition) is 0. The van der Waals surface area contributed by atoms with Crippen molar-refractivity contribution in [1.82, 2.24) is 0 Å². The zero-order valence-electron chi connectivity index (χ0n) is 5.59. The number of halogens is 1. The van der Waals surface area contributed by atoms with Crippen LogP contribution in [-0.4, -0.2) is 18.3 Å². The highest BCUT2D eigenvalue weighted by molar-refractivity contribution is 9.10. The lowest BCUT2D eigenvalue weighted by molar-refractivity contribution is 0.586. The minimum atomic E-state index is -2.83. The van der Waals surface area contributed by atoms with Gasteiger partial charge in [-0.25, -0.2) is 8.42 Å². The summed E-state index contributed by atoms with van der Waals surface area (Å²) in [6.07, 6.45) is 0.688. The van der Waals surface area contributed by atoms with Crippen molar-refractivity contribution in [1.29, 1.82) is 0 Å². The van der Waals surface area contributed by atoms with E-state index in [2.05, 4.69) is 15.9 Å². The van der Waals surface area contributed by atoms with E-state index in [9.17, 15) is 8.42 Å². The van der Waals surface area contributed by atoms with Gasteiger partial charge in [-0.2, -0.15) is 0 Å². The minimum absolute atomic E-state index is 0.0784.